The second kappa shape index (κ2) is 5.69. The summed E-state index contributed by atoms with van der Waals surface area (Å²) in [5, 5.41) is 15.0. The molecule has 0 radical (unpaired) electrons. The fourth-order valence-corrected chi connectivity index (χ4v) is 3.43. The topological polar surface area (TPSA) is 89.6 Å². The summed E-state index contributed by atoms with van der Waals surface area (Å²) < 4.78 is 10.2. The Bertz CT molecular complexity index is 1050. The van der Waals surface area contributed by atoms with E-state index in [4.69, 9.17) is 9.26 Å². The van der Waals surface area contributed by atoms with Gasteiger partial charge in [0, 0.05) is 5.56 Å². The highest BCUT2D eigenvalue weighted by molar-refractivity contribution is 5.97. The molecule has 1 saturated carbocycles. The number of nitrogens with zero attached hydrogens (tertiary/aromatic N) is 1. The van der Waals surface area contributed by atoms with Gasteiger partial charge in [0.1, 0.15) is 5.56 Å². The summed E-state index contributed by atoms with van der Waals surface area (Å²) in [6, 6.07) is 11.4. The first kappa shape index (κ1) is 16.3. The predicted molar refractivity (Wildman–Crippen MR) is 94.1 cm³/mol. The lowest BCUT2D eigenvalue weighted by Gasteiger charge is -2.14. The van der Waals surface area contributed by atoms with Gasteiger partial charge >= 0.3 is 11.9 Å². The van der Waals surface area contributed by atoms with Gasteiger partial charge < -0.3 is 14.4 Å². The van der Waals surface area contributed by atoms with Gasteiger partial charge in [0.05, 0.1) is 18.2 Å². The van der Waals surface area contributed by atoms with Crippen LogP contribution in [-0.4, -0.2) is 29.3 Å². The van der Waals surface area contributed by atoms with E-state index in [1.54, 1.807) is 13.0 Å². The summed E-state index contributed by atoms with van der Waals surface area (Å²) in [5.74, 6) is -1.02. The standard InChI is InChI=1S/C20H17NO5/c1-11-16(18(22)23)17(26-21-11)14-4-3-13-10-15(6-5-12(13)9-14)20(7-8-20)19(24)25-2/h3-6,9-10H,7-8H2,1-2H3,(H,22,23). The molecule has 1 N–H and O–H groups in total. The molecule has 4 rings (SSSR count). The third-order valence-electron chi connectivity index (χ3n) is 5.06. The minimum Gasteiger partial charge on any atom is -0.477 e. The Balaban J connectivity index is 1.77. The van der Waals surface area contributed by atoms with Gasteiger partial charge in [-0.2, -0.15) is 0 Å². The molecule has 3 aromatic rings. The number of benzene rings is 2. The largest absolute Gasteiger partial charge is 0.477 e. The zero-order chi connectivity index (χ0) is 18.5. The number of hydrogen-bond donors (Lipinski definition) is 1. The Labute approximate surface area is 149 Å². The first-order chi connectivity index (χ1) is 12.5. The number of hydrogen-bond acceptors (Lipinski definition) is 5. The van der Waals surface area contributed by atoms with Crippen LogP contribution in [0.3, 0.4) is 0 Å². The van der Waals surface area contributed by atoms with Gasteiger partial charge in [0.2, 0.25) is 0 Å². The molecule has 1 aliphatic rings. The quantitative estimate of drug-likeness (QED) is 0.721. The zero-order valence-corrected chi connectivity index (χ0v) is 14.4. The molecular formula is C20H17NO5. The minimum atomic E-state index is -1.07. The van der Waals surface area contributed by atoms with Crippen LogP contribution in [0.25, 0.3) is 22.1 Å². The molecule has 26 heavy (non-hydrogen) atoms. The second-order valence-corrected chi connectivity index (χ2v) is 6.63. The molecule has 0 bridgehead atoms. The first-order valence-corrected chi connectivity index (χ1v) is 8.29. The van der Waals surface area contributed by atoms with Crippen molar-refractivity contribution < 1.29 is 24.0 Å². The first-order valence-electron chi connectivity index (χ1n) is 8.29. The number of aromatic nitrogens is 1. The Hall–Kier alpha value is -3.15. The Morgan fingerprint density at radius 2 is 1.85 bits per heavy atom. The maximum atomic E-state index is 12.1. The smallest absolute Gasteiger partial charge is 0.341 e. The van der Waals surface area contributed by atoms with Crippen LogP contribution >= 0.6 is 0 Å². The van der Waals surface area contributed by atoms with E-state index < -0.39 is 11.4 Å². The molecule has 0 aliphatic heterocycles. The number of methoxy groups -OCH3 is 1. The summed E-state index contributed by atoms with van der Waals surface area (Å²) in [6.07, 6.45) is 1.59. The molecule has 1 heterocycles. The fraction of sp³-hybridized carbons (Fsp3) is 0.250. The maximum absolute atomic E-state index is 12.1. The number of aryl methyl sites for hydroxylation is 1. The number of rotatable bonds is 4. The number of carboxylic acids is 1. The van der Waals surface area contributed by atoms with Crippen LogP contribution in [0.2, 0.25) is 0 Å². The third kappa shape index (κ3) is 2.37. The highest BCUT2D eigenvalue weighted by Gasteiger charge is 2.52. The van der Waals surface area contributed by atoms with Crippen LogP contribution in [-0.2, 0) is 14.9 Å². The van der Waals surface area contributed by atoms with Crippen LogP contribution in [0.5, 0.6) is 0 Å². The van der Waals surface area contributed by atoms with Gasteiger partial charge in [0.15, 0.2) is 5.76 Å². The van der Waals surface area contributed by atoms with Crippen molar-refractivity contribution in [2.45, 2.75) is 25.2 Å². The molecule has 0 amide bonds. The van der Waals surface area contributed by atoms with Gasteiger partial charge in [-0.3, -0.25) is 4.79 Å². The van der Waals surface area contributed by atoms with Gasteiger partial charge in [0.25, 0.3) is 0 Å². The molecule has 0 unspecified atom stereocenters. The molecule has 1 aromatic heterocycles. The Morgan fingerprint density at radius 3 is 2.50 bits per heavy atom. The van der Waals surface area contributed by atoms with Crippen LogP contribution in [0.1, 0.15) is 34.5 Å². The lowest BCUT2D eigenvalue weighted by atomic mass is 9.93. The number of carbonyl (C=O) groups is 2. The third-order valence-corrected chi connectivity index (χ3v) is 5.06. The number of carbonyl (C=O) groups excluding carboxylic acids is 1. The van der Waals surface area contributed by atoms with E-state index in [-0.39, 0.29) is 17.3 Å². The molecule has 2 aromatic carbocycles. The second-order valence-electron chi connectivity index (χ2n) is 6.63. The van der Waals surface area contributed by atoms with Gasteiger partial charge in [-0.15, -0.1) is 0 Å². The molecule has 0 spiro atoms. The normalized spacial score (nSPS) is 15.0. The summed E-state index contributed by atoms with van der Waals surface area (Å²) >= 11 is 0. The van der Waals surface area contributed by atoms with Crippen LogP contribution in [0, 0.1) is 6.92 Å². The molecule has 6 heteroatoms. The van der Waals surface area contributed by atoms with Crippen molar-refractivity contribution in [3.8, 4) is 11.3 Å². The van der Waals surface area contributed by atoms with E-state index in [0.29, 0.717) is 11.3 Å². The SMILES string of the molecule is COC(=O)C1(c2ccc3cc(-c4onc(C)c4C(=O)O)ccc3c2)CC1. The molecule has 6 nitrogen and oxygen atoms in total. The monoisotopic (exact) mass is 351 g/mol. The molecule has 0 atom stereocenters. The fourth-order valence-electron chi connectivity index (χ4n) is 3.43. The van der Waals surface area contributed by atoms with Crippen LogP contribution < -0.4 is 0 Å². The van der Waals surface area contributed by atoms with Crippen molar-refractivity contribution in [2.75, 3.05) is 7.11 Å². The van der Waals surface area contributed by atoms with Crippen molar-refractivity contribution in [3.05, 3.63) is 53.2 Å². The van der Waals surface area contributed by atoms with E-state index in [2.05, 4.69) is 5.16 Å². The van der Waals surface area contributed by atoms with Crippen molar-refractivity contribution in [1.29, 1.82) is 0 Å². The maximum Gasteiger partial charge on any atom is 0.341 e. The lowest BCUT2D eigenvalue weighted by Crippen LogP contribution is -2.21. The Morgan fingerprint density at radius 1 is 1.15 bits per heavy atom. The summed E-state index contributed by atoms with van der Waals surface area (Å²) in [4.78, 5) is 23.5. The van der Waals surface area contributed by atoms with E-state index >= 15 is 0 Å². The molecule has 132 valence electrons. The van der Waals surface area contributed by atoms with E-state index in [1.807, 2.05) is 30.3 Å². The van der Waals surface area contributed by atoms with Crippen molar-refractivity contribution in [3.63, 3.8) is 0 Å². The summed E-state index contributed by atoms with van der Waals surface area (Å²) in [5.41, 5.74) is 1.50. The van der Waals surface area contributed by atoms with Gasteiger partial charge in [-0.05, 0) is 42.2 Å². The molecular weight excluding hydrogens is 334 g/mol. The molecule has 0 saturated heterocycles. The number of esters is 1. The highest BCUT2D eigenvalue weighted by Crippen LogP contribution is 2.49. The highest BCUT2D eigenvalue weighted by atomic mass is 16.5. The average molecular weight is 351 g/mol. The molecule has 1 fully saturated rings. The minimum absolute atomic E-state index is 0.0728. The van der Waals surface area contributed by atoms with Crippen LogP contribution in [0.15, 0.2) is 40.9 Å². The van der Waals surface area contributed by atoms with Crippen LogP contribution in [0.4, 0.5) is 0 Å². The number of carboxylic acid groups (broad SMARTS) is 1. The van der Waals surface area contributed by atoms with Crippen molar-refractivity contribution in [2.24, 2.45) is 0 Å². The molecule has 1 aliphatic carbocycles. The van der Waals surface area contributed by atoms with Gasteiger partial charge in [-0.25, -0.2) is 4.79 Å². The van der Waals surface area contributed by atoms with E-state index in [9.17, 15) is 14.7 Å². The van der Waals surface area contributed by atoms with E-state index in [1.165, 1.54) is 7.11 Å². The zero-order valence-electron chi connectivity index (χ0n) is 14.4. The number of ether oxygens (including phenoxy) is 1. The summed E-state index contributed by atoms with van der Waals surface area (Å²) in [6.45, 7) is 1.60. The Kier molecular flexibility index (Phi) is 3.57. The predicted octanol–water partition coefficient (Wildman–Crippen LogP) is 3.71. The summed E-state index contributed by atoms with van der Waals surface area (Å²) in [7, 11) is 1.41. The van der Waals surface area contributed by atoms with Gasteiger partial charge in [-0.1, -0.05) is 35.5 Å². The number of aromatic carboxylic acids is 1. The number of fused-ring (bicyclic) bond motifs is 1. The van der Waals surface area contributed by atoms with Crippen molar-refractivity contribution in [1.82, 2.24) is 5.16 Å². The van der Waals surface area contributed by atoms with E-state index in [0.717, 1.165) is 29.2 Å². The average Bonchev–Trinajstić information content (AvgIpc) is 3.36. The lowest BCUT2D eigenvalue weighted by molar-refractivity contribution is -0.143. The van der Waals surface area contributed by atoms with Crippen molar-refractivity contribution >= 4 is 22.7 Å².